The van der Waals surface area contributed by atoms with E-state index in [1.807, 2.05) is 0 Å². The van der Waals surface area contributed by atoms with Gasteiger partial charge < -0.3 is 5.32 Å². The lowest BCUT2D eigenvalue weighted by atomic mass is 10.0. The average Bonchev–Trinajstić information content (AvgIpc) is 2.71. The molecule has 1 saturated heterocycles. The summed E-state index contributed by atoms with van der Waals surface area (Å²) in [6.07, 6.45) is 3.85. The number of piperidine rings is 1. The highest BCUT2D eigenvalue weighted by molar-refractivity contribution is 5.90. The molecule has 1 atom stereocenters. The second kappa shape index (κ2) is 6.14. The Kier molecular flexibility index (Phi) is 4.52. The Balaban J connectivity index is 1.79. The van der Waals surface area contributed by atoms with Crippen molar-refractivity contribution in [3.8, 4) is 0 Å². The largest absolute Gasteiger partial charge is 0.348 e. The van der Waals surface area contributed by atoms with Crippen LogP contribution in [0.4, 0.5) is 0 Å². The zero-order valence-electron chi connectivity index (χ0n) is 12.0. The third-order valence-electron chi connectivity index (χ3n) is 3.70. The van der Waals surface area contributed by atoms with Crippen molar-refractivity contribution in [1.29, 1.82) is 0 Å². The molecule has 0 bridgehead atoms. The molecule has 0 radical (unpaired) electrons. The van der Waals surface area contributed by atoms with Gasteiger partial charge in [-0.2, -0.15) is 5.10 Å². The van der Waals surface area contributed by atoms with Gasteiger partial charge >= 0.3 is 0 Å². The van der Waals surface area contributed by atoms with E-state index in [-0.39, 0.29) is 5.91 Å². The van der Waals surface area contributed by atoms with E-state index < -0.39 is 0 Å². The zero-order chi connectivity index (χ0) is 13.8. The number of carbonyl (C=O) groups excluding carboxylic acids is 1. The van der Waals surface area contributed by atoms with E-state index in [0.717, 1.165) is 13.1 Å². The van der Waals surface area contributed by atoms with E-state index in [1.165, 1.54) is 23.9 Å². The molecule has 1 aliphatic heterocycles. The summed E-state index contributed by atoms with van der Waals surface area (Å²) >= 11 is 0. The molecular formula is C13H23N5O. The van der Waals surface area contributed by atoms with E-state index in [9.17, 15) is 4.79 Å². The van der Waals surface area contributed by atoms with Crippen molar-refractivity contribution in [2.45, 2.75) is 39.2 Å². The average molecular weight is 265 g/mol. The molecular weight excluding hydrogens is 242 g/mol. The summed E-state index contributed by atoms with van der Waals surface area (Å²) in [5, 5.41) is 6.99. The minimum Gasteiger partial charge on any atom is -0.348 e. The predicted molar refractivity (Wildman–Crippen MR) is 73.0 cm³/mol. The Bertz CT molecular complexity index is 442. The molecule has 0 aromatic carbocycles. The third-order valence-corrected chi connectivity index (χ3v) is 3.70. The molecule has 0 aliphatic carbocycles. The van der Waals surface area contributed by atoms with Crippen molar-refractivity contribution in [2.24, 2.45) is 7.05 Å². The van der Waals surface area contributed by atoms with E-state index >= 15 is 0 Å². The second-order valence-electron chi connectivity index (χ2n) is 5.24. The fraction of sp³-hybridized carbons (Fsp3) is 0.769. The molecule has 0 spiro atoms. The monoisotopic (exact) mass is 265 g/mol. The fourth-order valence-corrected chi connectivity index (χ4v) is 2.59. The first kappa shape index (κ1) is 14.0. The Morgan fingerprint density at radius 3 is 2.89 bits per heavy atom. The van der Waals surface area contributed by atoms with Crippen molar-refractivity contribution in [2.75, 3.05) is 19.6 Å². The topological polar surface area (TPSA) is 63.1 Å². The highest BCUT2D eigenvalue weighted by Crippen LogP contribution is 2.15. The van der Waals surface area contributed by atoms with E-state index in [4.69, 9.17) is 0 Å². The van der Waals surface area contributed by atoms with E-state index in [2.05, 4.69) is 27.2 Å². The lowest BCUT2D eigenvalue weighted by molar-refractivity contribution is 0.0924. The Morgan fingerprint density at radius 1 is 1.47 bits per heavy atom. The molecule has 1 aromatic heterocycles. The summed E-state index contributed by atoms with van der Waals surface area (Å²) in [6, 6.07) is 0.628. The predicted octanol–water partition coefficient (Wildman–Crippen LogP) is 0.728. The molecule has 1 N–H and O–H groups in total. The number of aryl methyl sites for hydroxylation is 2. The number of hydrogen-bond donors (Lipinski definition) is 1. The maximum Gasteiger partial charge on any atom is 0.288 e. The minimum absolute atomic E-state index is 0.146. The van der Waals surface area contributed by atoms with E-state index in [0.29, 0.717) is 24.2 Å². The van der Waals surface area contributed by atoms with Gasteiger partial charge in [0.15, 0.2) is 0 Å². The lowest BCUT2D eigenvalue weighted by Gasteiger charge is -2.33. The summed E-state index contributed by atoms with van der Waals surface area (Å²) in [6.45, 7) is 6.75. The van der Waals surface area contributed by atoms with Crippen LogP contribution in [-0.4, -0.2) is 51.2 Å². The first-order valence-corrected chi connectivity index (χ1v) is 6.98. The molecule has 19 heavy (non-hydrogen) atoms. The zero-order valence-corrected chi connectivity index (χ0v) is 12.0. The Labute approximate surface area is 114 Å². The van der Waals surface area contributed by atoms with Crippen molar-refractivity contribution in [3.63, 3.8) is 0 Å². The molecule has 6 heteroatoms. The second-order valence-corrected chi connectivity index (χ2v) is 5.24. The SMILES string of the molecule is Cc1nc(C(=O)NCCN2CCCCC2C)n(C)n1. The van der Waals surface area contributed by atoms with Crippen LogP contribution < -0.4 is 5.32 Å². The number of aromatic nitrogens is 3. The number of hydrogen-bond acceptors (Lipinski definition) is 4. The smallest absolute Gasteiger partial charge is 0.288 e. The summed E-state index contributed by atoms with van der Waals surface area (Å²) in [5.41, 5.74) is 0. The third kappa shape index (κ3) is 3.53. The van der Waals surface area contributed by atoms with Gasteiger partial charge in [-0.05, 0) is 33.2 Å². The van der Waals surface area contributed by atoms with Crippen LogP contribution in [0.3, 0.4) is 0 Å². The number of nitrogens with one attached hydrogen (secondary N) is 1. The quantitative estimate of drug-likeness (QED) is 0.871. The molecule has 1 amide bonds. The molecule has 1 unspecified atom stereocenters. The molecule has 2 heterocycles. The van der Waals surface area contributed by atoms with Gasteiger partial charge in [-0.1, -0.05) is 6.42 Å². The number of likely N-dealkylation sites (tertiary alicyclic amines) is 1. The first-order chi connectivity index (χ1) is 9.08. The van der Waals surface area contributed by atoms with Crippen LogP contribution >= 0.6 is 0 Å². The van der Waals surface area contributed by atoms with Crippen molar-refractivity contribution >= 4 is 5.91 Å². The number of nitrogens with zero attached hydrogens (tertiary/aromatic N) is 4. The van der Waals surface area contributed by atoms with Crippen LogP contribution in [0.1, 0.15) is 42.6 Å². The van der Waals surface area contributed by atoms with Crippen LogP contribution in [0.2, 0.25) is 0 Å². The molecule has 2 rings (SSSR count). The van der Waals surface area contributed by atoms with Gasteiger partial charge in [-0.25, -0.2) is 9.67 Å². The first-order valence-electron chi connectivity index (χ1n) is 6.98. The summed E-state index contributed by atoms with van der Waals surface area (Å²) < 4.78 is 1.52. The molecule has 6 nitrogen and oxygen atoms in total. The van der Waals surface area contributed by atoms with Gasteiger partial charge in [-0.3, -0.25) is 9.69 Å². The fourth-order valence-electron chi connectivity index (χ4n) is 2.59. The van der Waals surface area contributed by atoms with E-state index in [1.54, 1.807) is 14.0 Å². The Morgan fingerprint density at radius 2 is 2.26 bits per heavy atom. The minimum atomic E-state index is -0.146. The number of rotatable bonds is 4. The molecule has 1 fully saturated rings. The van der Waals surface area contributed by atoms with Crippen LogP contribution in [-0.2, 0) is 7.05 Å². The van der Waals surface area contributed by atoms with Crippen molar-refractivity contribution in [1.82, 2.24) is 25.0 Å². The number of carbonyl (C=O) groups is 1. The molecule has 0 saturated carbocycles. The van der Waals surface area contributed by atoms with Crippen LogP contribution in [0, 0.1) is 6.92 Å². The highest BCUT2D eigenvalue weighted by Gasteiger charge is 2.18. The van der Waals surface area contributed by atoms with Gasteiger partial charge in [0.1, 0.15) is 5.82 Å². The number of amides is 1. The molecule has 106 valence electrons. The van der Waals surface area contributed by atoms with Gasteiger partial charge in [0.25, 0.3) is 5.91 Å². The van der Waals surface area contributed by atoms with Gasteiger partial charge in [0, 0.05) is 26.2 Å². The summed E-state index contributed by atoms with van der Waals surface area (Å²) in [7, 11) is 1.74. The van der Waals surface area contributed by atoms with Crippen LogP contribution in [0.15, 0.2) is 0 Å². The normalized spacial score (nSPS) is 20.5. The lowest BCUT2D eigenvalue weighted by Crippen LogP contribution is -2.42. The molecule has 1 aromatic rings. The van der Waals surface area contributed by atoms with Crippen molar-refractivity contribution in [3.05, 3.63) is 11.6 Å². The summed E-state index contributed by atoms with van der Waals surface area (Å²) in [4.78, 5) is 18.5. The van der Waals surface area contributed by atoms with Crippen molar-refractivity contribution < 1.29 is 4.79 Å². The standard InChI is InChI=1S/C13H23N5O/c1-10-6-4-5-8-18(10)9-7-14-13(19)12-15-11(2)16-17(12)3/h10H,4-9H2,1-3H3,(H,14,19). The maximum atomic E-state index is 11.9. The van der Waals surface area contributed by atoms with Crippen LogP contribution in [0.25, 0.3) is 0 Å². The van der Waals surface area contributed by atoms with Gasteiger partial charge in [-0.15, -0.1) is 0 Å². The summed E-state index contributed by atoms with van der Waals surface area (Å²) in [5.74, 6) is 0.856. The molecule has 1 aliphatic rings. The van der Waals surface area contributed by atoms with Gasteiger partial charge in [0.05, 0.1) is 0 Å². The van der Waals surface area contributed by atoms with Gasteiger partial charge in [0.2, 0.25) is 5.82 Å². The Hall–Kier alpha value is -1.43. The highest BCUT2D eigenvalue weighted by atomic mass is 16.2. The van der Waals surface area contributed by atoms with Crippen LogP contribution in [0.5, 0.6) is 0 Å². The maximum absolute atomic E-state index is 11.9.